The van der Waals surface area contributed by atoms with E-state index in [0.717, 1.165) is 18.4 Å². The molecule has 3 aliphatic heterocycles. The van der Waals surface area contributed by atoms with Crippen molar-refractivity contribution < 1.29 is 24.2 Å². The minimum atomic E-state index is -1.16. The number of halogens is 1. The number of nitrogens with zero attached hydrogens (tertiary/aromatic N) is 3. The molecule has 8 nitrogen and oxygen atoms in total. The molecule has 0 aromatic heterocycles. The van der Waals surface area contributed by atoms with Gasteiger partial charge in [0.15, 0.2) is 0 Å². The highest BCUT2D eigenvalue weighted by Crippen LogP contribution is 2.61. The van der Waals surface area contributed by atoms with Crippen LogP contribution in [0.25, 0.3) is 0 Å². The molecule has 3 unspecified atom stereocenters. The van der Waals surface area contributed by atoms with Gasteiger partial charge in [-0.1, -0.05) is 78.7 Å². The predicted molar refractivity (Wildman–Crippen MR) is 157 cm³/mol. The number of aliphatic hydroxyl groups excluding tert-OH is 1. The standard InChI is InChI=1S/C31H42BrN3O5/c1-5-9-17-33(15-6-2)30(39)27-31-18-23(32)26(40-31)24(25(31)29(38)35(27)22(8-4)20-36)28(37)34(16-7-3)19-21-13-11-10-12-14-21/h6-7,10-14,22-27,36H,2-3,5,8-9,15-20H2,1,4H3/t22-,23?,24-,25-,26-,27?,31?/m0/s1. The van der Waals surface area contributed by atoms with Crippen molar-refractivity contribution in [2.75, 3.05) is 26.2 Å². The number of carbonyl (C=O) groups is 3. The highest BCUT2D eigenvalue weighted by molar-refractivity contribution is 9.09. The number of ether oxygens (including phenoxy) is 1. The average Bonchev–Trinajstić information content (AvgIpc) is 3.55. The van der Waals surface area contributed by atoms with Crippen molar-refractivity contribution in [3.8, 4) is 0 Å². The molecule has 0 aliphatic carbocycles. The maximum absolute atomic E-state index is 14.3. The van der Waals surface area contributed by atoms with Crippen LogP contribution in [0.3, 0.4) is 0 Å². The van der Waals surface area contributed by atoms with E-state index in [2.05, 4.69) is 36.0 Å². The predicted octanol–water partition coefficient (Wildman–Crippen LogP) is 3.53. The quantitative estimate of drug-likeness (QED) is 0.255. The summed E-state index contributed by atoms with van der Waals surface area (Å²) in [6.07, 6.45) is 5.47. The Bertz CT molecular complexity index is 1100. The van der Waals surface area contributed by atoms with E-state index in [0.29, 0.717) is 39.0 Å². The number of fused-ring (bicyclic) bond motifs is 1. The number of carbonyl (C=O) groups excluding carboxylic acids is 3. The number of hydrogen-bond donors (Lipinski definition) is 1. The Morgan fingerprint density at radius 2 is 1.85 bits per heavy atom. The fraction of sp³-hybridized carbons (Fsp3) is 0.581. The average molecular weight is 617 g/mol. The van der Waals surface area contributed by atoms with Crippen LogP contribution in [-0.2, 0) is 25.7 Å². The molecule has 0 saturated carbocycles. The lowest BCUT2D eigenvalue weighted by Gasteiger charge is -2.39. The SMILES string of the molecule is C=CCN(CCCC)C(=O)C1N([C@@H](CC)CO)C(=O)[C@@H]2[C@H](C(=O)N(CC=C)Cc3ccccc3)[C@H]3OC12CC3Br. The van der Waals surface area contributed by atoms with Crippen LogP contribution in [0.5, 0.6) is 0 Å². The Balaban J connectivity index is 1.76. The van der Waals surface area contributed by atoms with Gasteiger partial charge in [0.1, 0.15) is 11.6 Å². The Kier molecular flexibility index (Phi) is 9.90. The number of amides is 3. The summed E-state index contributed by atoms with van der Waals surface area (Å²) < 4.78 is 6.68. The zero-order valence-electron chi connectivity index (χ0n) is 23.6. The molecule has 3 aliphatic rings. The fourth-order valence-electron chi connectivity index (χ4n) is 6.81. The molecule has 3 amide bonds. The Hall–Kier alpha value is -2.49. The Labute approximate surface area is 246 Å². The summed E-state index contributed by atoms with van der Waals surface area (Å²) in [4.78, 5) is 47.7. The van der Waals surface area contributed by atoms with Gasteiger partial charge in [-0.25, -0.2) is 0 Å². The van der Waals surface area contributed by atoms with Crippen LogP contribution in [0, 0.1) is 11.8 Å². The second-order valence-corrected chi connectivity index (χ2v) is 12.2. The maximum atomic E-state index is 14.3. The highest BCUT2D eigenvalue weighted by Gasteiger charge is 2.77. The molecular formula is C31H42BrN3O5. The van der Waals surface area contributed by atoms with Crippen LogP contribution in [0.15, 0.2) is 55.6 Å². The van der Waals surface area contributed by atoms with E-state index in [1.807, 2.05) is 37.3 Å². The van der Waals surface area contributed by atoms with Gasteiger partial charge in [0.2, 0.25) is 17.7 Å². The van der Waals surface area contributed by atoms with Gasteiger partial charge in [-0.15, -0.1) is 13.2 Å². The first-order valence-electron chi connectivity index (χ1n) is 14.4. The zero-order chi connectivity index (χ0) is 29.0. The van der Waals surface area contributed by atoms with Crippen molar-refractivity contribution in [3.63, 3.8) is 0 Å². The molecule has 1 aromatic carbocycles. The third-order valence-corrected chi connectivity index (χ3v) is 9.49. The van der Waals surface area contributed by atoms with E-state index < -0.39 is 35.6 Å². The molecule has 4 rings (SSSR count). The van der Waals surface area contributed by atoms with Crippen molar-refractivity contribution >= 4 is 33.7 Å². The monoisotopic (exact) mass is 615 g/mol. The molecular weight excluding hydrogens is 574 g/mol. The van der Waals surface area contributed by atoms with Crippen LogP contribution >= 0.6 is 15.9 Å². The molecule has 40 heavy (non-hydrogen) atoms. The first kappa shape index (κ1) is 30.5. The Morgan fingerprint density at radius 3 is 2.45 bits per heavy atom. The topological polar surface area (TPSA) is 90.4 Å². The van der Waals surface area contributed by atoms with Crippen LogP contribution in [0.4, 0.5) is 0 Å². The highest BCUT2D eigenvalue weighted by atomic mass is 79.9. The molecule has 2 bridgehead atoms. The van der Waals surface area contributed by atoms with Crippen LogP contribution < -0.4 is 0 Å². The second kappa shape index (κ2) is 13.0. The lowest BCUT2D eigenvalue weighted by Crippen LogP contribution is -2.59. The molecule has 1 aromatic rings. The summed E-state index contributed by atoms with van der Waals surface area (Å²) in [6.45, 7) is 12.9. The molecule has 218 valence electrons. The van der Waals surface area contributed by atoms with Gasteiger partial charge >= 0.3 is 0 Å². The normalized spacial score (nSPS) is 29.2. The van der Waals surface area contributed by atoms with Crippen LogP contribution in [-0.4, -0.2) is 92.4 Å². The lowest BCUT2D eigenvalue weighted by molar-refractivity contribution is -0.152. The van der Waals surface area contributed by atoms with E-state index in [1.165, 1.54) is 0 Å². The molecule has 3 fully saturated rings. The largest absolute Gasteiger partial charge is 0.394 e. The third-order valence-electron chi connectivity index (χ3n) is 8.64. The van der Waals surface area contributed by atoms with Gasteiger partial charge in [0.25, 0.3) is 0 Å². The van der Waals surface area contributed by atoms with Gasteiger partial charge in [0, 0.05) is 31.0 Å². The third kappa shape index (κ3) is 5.28. The lowest BCUT2D eigenvalue weighted by atomic mass is 9.70. The summed E-state index contributed by atoms with van der Waals surface area (Å²) in [5.74, 6) is -2.25. The molecule has 3 saturated heterocycles. The summed E-state index contributed by atoms with van der Waals surface area (Å²) in [5.41, 5.74) is -0.185. The smallest absolute Gasteiger partial charge is 0.248 e. The number of alkyl halides is 1. The number of benzene rings is 1. The van der Waals surface area contributed by atoms with Crippen LogP contribution in [0.1, 0.15) is 45.1 Å². The number of aliphatic hydroxyl groups is 1. The van der Waals surface area contributed by atoms with Crippen molar-refractivity contribution in [1.82, 2.24) is 14.7 Å². The second-order valence-electron chi connectivity index (χ2n) is 11.1. The van der Waals surface area contributed by atoms with Gasteiger partial charge in [-0.2, -0.15) is 0 Å². The molecule has 0 radical (unpaired) electrons. The minimum absolute atomic E-state index is 0.183. The molecule has 1 N–H and O–H groups in total. The molecule has 9 heteroatoms. The number of rotatable bonds is 14. The summed E-state index contributed by atoms with van der Waals surface area (Å²) in [6, 6.07) is 8.23. The van der Waals surface area contributed by atoms with Crippen molar-refractivity contribution in [2.24, 2.45) is 11.8 Å². The van der Waals surface area contributed by atoms with E-state index in [-0.39, 0.29) is 29.2 Å². The number of unbranched alkanes of at least 4 members (excludes halogenated alkanes) is 1. The molecule has 3 heterocycles. The number of hydrogen-bond acceptors (Lipinski definition) is 5. The van der Waals surface area contributed by atoms with Crippen LogP contribution in [0.2, 0.25) is 0 Å². The first-order valence-corrected chi connectivity index (χ1v) is 15.3. The summed E-state index contributed by atoms with van der Waals surface area (Å²) in [5, 5.41) is 10.3. The van der Waals surface area contributed by atoms with E-state index in [9.17, 15) is 19.5 Å². The van der Waals surface area contributed by atoms with Gasteiger partial charge in [-0.05, 0) is 24.8 Å². The van der Waals surface area contributed by atoms with Crippen molar-refractivity contribution in [2.45, 2.75) is 74.7 Å². The van der Waals surface area contributed by atoms with Gasteiger partial charge < -0.3 is 24.5 Å². The summed E-state index contributed by atoms with van der Waals surface area (Å²) in [7, 11) is 0. The van der Waals surface area contributed by atoms with Crippen molar-refractivity contribution in [3.05, 3.63) is 61.2 Å². The van der Waals surface area contributed by atoms with Gasteiger partial charge in [0.05, 0.1) is 30.6 Å². The minimum Gasteiger partial charge on any atom is -0.394 e. The zero-order valence-corrected chi connectivity index (χ0v) is 25.2. The Morgan fingerprint density at radius 1 is 1.18 bits per heavy atom. The van der Waals surface area contributed by atoms with E-state index in [1.54, 1.807) is 26.9 Å². The van der Waals surface area contributed by atoms with Crippen molar-refractivity contribution in [1.29, 1.82) is 0 Å². The number of likely N-dealkylation sites (tertiary alicyclic amines) is 1. The molecule has 1 spiro atoms. The molecule has 7 atom stereocenters. The van der Waals surface area contributed by atoms with E-state index >= 15 is 0 Å². The maximum Gasteiger partial charge on any atom is 0.248 e. The fourth-order valence-corrected chi connectivity index (χ4v) is 7.75. The first-order chi connectivity index (χ1) is 19.3. The van der Waals surface area contributed by atoms with E-state index in [4.69, 9.17) is 4.74 Å². The summed E-state index contributed by atoms with van der Waals surface area (Å²) >= 11 is 3.75. The van der Waals surface area contributed by atoms with Gasteiger partial charge in [-0.3, -0.25) is 14.4 Å².